The number of carbonyl (C=O) groups excluding carboxylic acids is 2. The van der Waals surface area contributed by atoms with Crippen molar-refractivity contribution < 1.29 is 34.0 Å². The van der Waals surface area contributed by atoms with E-state index in [9.17, 15) is 19.8 Å². The molecule has 7 heteroatoms. The van der Waals surface area contributed by atoms with E-state index in [0.717, 1.165) is 57.8 Å². The smallest absolute Gasteiger partial charge is 0.302 e. The van der Waals surface area contributed by atoms with Crippen molar-refractivity contribution in [1.29, 1.82) is 0 Å². The lowest BCUT2D eigenvalue weighted by Gasteiger charge is -2.64. The number of fused-ring (bicyclic) bond motifs is 2. The summed E-state index contributed by atoms with van der Waals surface area (Å²) in [6, 6.07) is 0. The van der Waals surface area contributed by atoms with E-state index in [2.05, 4.69) is 27.7 Å². The Bertz CT molecular complexity index is 1080. The molecular weight excluding hydrogens is 508 g/mol. The maximum atomic E-state index is 12.5. The van der Waals surface area contributed by atoms with Gasteiger partial charge in [-0.2, -0.15) is 0 Å². The van der Waals surface area contributed by atoms with Crippen molar-refractivity contribution in [2.24, 2.45) is 44.8 Å². The molecule has 2 N–H and O–H groups in total. The molecule has 7 nitrogen and oxygen atoms in total. The van der Waals surface area contributed by atoms with E-state index in [1.807, 2.05) is 13.8 Å². The van der Waals surface area contributed by atoms with E-state index in [1.54, 1.807) is 0 Å². The molecule has 3 unspecified atom stereocenters. The standard InChI is InChI=1S/C33H52O7/c1-18(34)38-22-15-23-31(8)16-20(36)26(21-9-10-25(40-21)29(5,6)37)30(31,7)13-14-32(23)17-33(32)12-11-24(39-19(2)35)28(3,4)27(22)33/h20-27,36-37H,9-17H2,1-8H3/t20-,21?,22-,23?,24-,25-,26+,27-,30+,31-,32?,33+/m0/s1. The number of aliphatic hydroxyl groups is 2. The summed E-state index contributed by atoms with van der Waals surface area (Å²) >= 11 is 0. The molecule has 0 aromatic rings. The van der Waals surface area contributed by atoms with E-state index in [-0.39, 0.29) is 75.3 Å². The summed E-state index contributed by atoms with van der Waals surface area (Å²) in [6.07, 6.45) is 7.22. The van der Waals surface area contributed by atoms with Gasteiger partial charge < -0.3 is 24.4 Å². The molecule has 6 fully saturated rings. The zero-order valence-electron chi connectivity index (χ0n) is 25.9. The van der Waals surface area contributed by atoms with Gasteiger partial charge in [0, 0.05) is 31.1 Å². The van der Waals surface area contributed by atoms with Gasteiger partial charge in [0.1, 0.15) is 12.2 Å². The summed E-state index contributed by atoms with van der Waals surface area (Å²) in [5.41, 5.74) is -1.19. The fourth-order valence-electron chi connectivity index (χ4n) is 12.3. The first-order valence-corrected chi connectivity index (χ1v) is 15.8. The van der Waals surface area contributed by atoms with Crippen LogP contribution in [-0.2, 0) is 23.8 Å². The summed E-state index contributed by atoms with van der Waals surface area (Å²) in [5.74, 6) is 0.0115. The molecule has 6 rings (SSSR count). The molecule has 5 saturated carbocycles. The quantitative estimate of drug-likeness (QED) is 0.456. The molecule has 12 atom stereocenters. The lowest BCUT2D eigenvalue weighted by molar-refractivity contribution is -0.218. The van der Waals surface area contributed by atoms with Gasteiger partial charge >= 0.3 is 11.9 Å². The molecule has 40 heavy (non-hydrogen) atoms. The second kappa shape index (κ2) is 8.69. The molecule has 6 aliphatic rings. The lowest BCUT2D eigenvalue weighted by Crippen LogP contribution is -2.62. The zero-order valence-corrected chi connectivity index (χ0v) is 25.9. The molecule has 5 aliphatic carbocycles. The van der Waals surface area contributed by atoms with Crippen LogP contribution in [0.1, 0.15) is 113 Å². The Morgan fingerprint density at radius 2 is 1.57 bits per heavy atom. The van der Waals surface area contributed by atoms with Crippen LogP contribution in [-0.4, -0.2) is 58.3 Å². The van der Waals surface area contributed by atoms with Crippen LogP contribution in [0, 0.1) is 44.8 Å². The normalized spacial score (nSPS) is 52.5. The van der Waals surface area contributed by atoms with Crippen molar-refractivity contribution >= 4 is 11.9 Å². The number of ether oxygens (including phenoxy) is 3. The summed E-state index contributed by atoms with van der Waals surface area (Å²) in [5, 5.41) is 22.4. The number of esters is 2. The first kappa shape index (κ1) is 28.9. The van der Waals surface area contributed by atoms with Crippen LogP contribution < -0.4 is 0 Å². The highest BCUT2D eigenvalue weighted by molar-refractivity contribution is 5.67. The largest absolute Gasteiger partial charge is 0.462 e. The van der Waals surface area contributed by atoms with E-state index in [0.29, 0.717) is 5.92 Å². The van der Waals surface area contributed by atoms with Gasteiger partial charge in [-0.3, -0.25) is 9.59 Å². The highest BCUT2D eigenvalue weighted by Crippen LogP contribution is 2.89. The van der Waals surface area contributed by atoms with Gasteiger partial charge in [0.25, 0.3) is 0 Å². The van der Waals surface area contributed by atoms with Gasteiger partial charge in [-0.25, -0.2) is 0 Å². The van der Waals surface area contributed by atoms with Crippen LogP contribution in [0.2, 0.25) is 0 Å². The minimum Gasteiger partial charge on any atom is -0.462 e. The number of carbonyl (C=O) groups is 2. The van der Waals surface area contributed by atoms with Crippen molar-refractivity contribution in [1.82, 2.24) is 0 Å². The van der Waals surface area contributed by atoms with E-state index in [4.69, 9.17) is 14.2 Å². The summed E-state index contributed by atoms with van der Waals surface area (Å²) in [7, 11) is 0. The lowest BCUT2D eigenvalue weighted by atomic mass is 9.41. The SMILES string of the molecule is CC(=O)O[C@H]1CC2C3(CC[C@]4(C)[C@@H](C5CC[C@@H](C(C)(C)O)O5)[C@@H](O)C[C@@]24C)C[C@@]32CC[C@H](OC(C)=O)C(C)(C)[C@H]12. The molecule has 0 amide bonds. The van der Waals surface area contributed by atoms with Crippen molar-refractivity contribution in [3.8, 4) is 0 Å². The van der Waals surface area contributed by atoms with Crippen molar-refractivity contribution in [2.45, 2.75) is 149 Å². The summed E-state index contributed by atoms with van der Waals surface area (Å²) in [6.45, 7) is 15.9. The average molecular weight is 561 g/mol. The van der Waals surface area contributed by atoms with E-state index >= 15 is 0 Å². The Kier molecular flexibility index (Phi) is 6.28. The van der Waals surface area contributed by atoms with Crippen LogP contribution in [0.25, 0.3) is 0 Å². The van der Waals surface area contributed by atoms with Crippen LogP contribution in [0.5, 0.6) is 0 Å². The van der Waals surface area contributed by atoms with Gasteiger partial charge in [-0.05, 0) is 99.2 Å². The Hall–Kier alpha value is -1.18. The predicted octanol–water partition coefficient (Wildman–Crippen LogP) is 5.19. The topological polar surface area (TPSA) is 102 Å². The maximum Gasteiger partial charge on any atom is 0.302 e. The Morgan fingerprint density at radius 3 is 2.17 bits per heavy atom. The third kappa shape index (κ3) is 3.65. The minimum atomic E-state index is -0.896. The fourth-order valence-corrected chi connectivity index (χ4v) is 12.3. The molecule has 0 radical (unpaired) electrons. The van der Waals surface area contributed by atoms with Gasteiger partial charge in [0.2, 0.25) is 0 Å². The molecule has 1 saturated heterocycles. The van der Waals surface area contributed by atoms with Gasteiger partial charge in [0.15, 0.2) is 0 Å². The molecule has 1 aliphatic heterocycles. The Morgan fingerprint density at radius 1 is 0.900 bits per heavy atom. The molecule has 2 spiro atoms. The van der Waals surface area contributed by atoms with E-state index < -0.39 is 11.7 Å². The first-order valence-electron chi connectivity index (χ1n) is 15.8. The number of aliphatic hydroxyl groups excluding tert-OH is 1. The maximum absolute atomic E-state index is 12.5. The third-order valence-electron chi connectivity index (χ3n) is 13.9. The van der Waals surface area contributed by atoms with Crippen molar-refractivity contribution in [3.63, 3.8) is 0 Å². The van der Waals surface area contributed by atoms with Gasteiger partial charge in [-0.15, -0.1) is 0 Å². The number of rotatable bonds is 4. The van der Waals surface area contributed by atoms with Crippen LogP contribution in [0.3, 0.4) is 0 Å². The van der Waals surface area contributed by atoms with Gasteiger partial charge in [0.05, 0.1) is 23.9 Å². The monoisotopic (exact) mass is 560 g/mol. The first-order chi connectivity index (χ1) is 18.4. The molecule has 0 aromatic heterocycles. The molecule has 0 aromatic carbocycles. The Balaban J connectivity index is 1.36. The average Bonchev–Trinajstić information content (AvgIpc) is 3.08. The second-order valence-corrected chi connectivity index (χ2v) is 16.4. The Labute approximate surface area is 240 Å². The minimum absolute atomic E-state index is 0.0259. The van der Waals surface area contributed by atoms with Gasteiger partial charge in [-0.1, -0.05) is 27.7 Å². The second-order valence-electron chi connectivity index (χ2n) is 16.4. The van der Waals surface area contributed by atoms with Crippen molar-refractivity contribution in [3.05, 3.63) is 0 Å². The van der Waals surface area contributed by atoms with Crippen molar-refractivity contribution in [2.75, 3.05) is 0 Å². The molecule has 1 heterocycles. The molecular formula is C33H52O7. The van der Waals surface area contributed by atoms with E-state index in [1.165, 1.54) is 13.8 Å². The number of hydrogen-bond acceptors (Lipinski definition) is 7. The number of hydrogen-bond donors (Lipinski definition) is 2. The van der Waals surface area contributed by atoms with Crippen LogP contribution >= 0.6 is 0 Å². The molecule has 0 bridgehead atoms. The zero-order chi connectivity index (χ0) is 29.3. The highest BCUT2D eigenvalue weighted by atomic mass is 16.6. The third-order valence-corrected chi connectivity index (χ3v) is 13.9. The summed E-state index contributed by atoms with van der Waals surface area (Å²) < 4.78 is 18.6. The molecule has 226 valence electrons. The highest BCUT2D eigenvalue weighted by Gasteiger charge is 2.85. The van der Waals surface area contributed by atoms with Crippen LogP contribution in [0.4, 0.5) is 0 Å². The fraction of sp³-hybridized carbons (Fsp3) is 0.939. The van der Waals surface area contributed by atoms with Crippen LogP contribution in [0.15, 0.2) is 0 Å². The predicted molar refractivity (Wildman–Crippen MR) is 149 cm³/mol. The summed E-state index contributed by atoms with van der Waals surface area (Å²) in [4.78, 5) is 24.5.